The third-order valence-electron chi connectivity index (χ3n) is 3.99. The highest BCUT2D eigenvalue weighted by Gasteiger charge is 2.36. The fraction of sp³-hybridized carbons (Fsp3) is 1.00. The summed E-state index contributed by atoms with van der Waals surface area (Å²) in [6.07, 6.45) is 11.4. The smallest absolute Gasteiger partial charge is 0.170 e. The molecule has 0 aromatic rings. The minimum atomic E-state index is -0.290. The van der Waals surface area contributed by atoms with E-state index < -0.39 is 0 Å². The summed E-state index contributed by atoms with van der Waals surface area (Å²) in [5.74, 6) is 0.160. The maximum Gasteiger partial charge on any atom is 0.170 e. The van der Waals surface area contributed by atoms with Crippen molar-refractivity contribution in [3.63, 3.8) is 0 Å². The first-order valence-corrected chi connectivity index (χ1v) is 7.99. The van der Waals surface area contributed by atoms with Crippen LogP contribution in [0.2, 0.25) is 0 Å². The molecule has 1 heterocycles. The fourth-order valence-corrected chi connectivity index (χ4v) is 2.65. The molecule has 2 nitrogen and oxygen atoms in total. The van der Waals surface area contributed by atoms with Gasteiger partial charge in [-0.05, 0) is 19.3 Å². The maximum atomic E-state index is 6.06. The second-order valence-corrected chi connectivity index (χ2v) is 5.89. The van der Waals surface area contributed by atoms with Crippen molar-refractivity contribution >= 4 is 0 Å². The molecule has 0 radical (unpaired) electrons. The van der Waals surface area contributed by atoms with Crippen LogP contribution in [0.5, 0.6) is 0 Å². The summed E-state index contributed by atoms with van der Waals surface area (Å²) in [4.78, 5) is 0. The van der Waals surface area contributed by atoms with Gasteiger partial charge in [-0.2, -0.15) is 0 Å². The molecule has 0 aromatic carbocycles. The molecule has 1 aliphatic rings. The topological polar surface area (TPSA) is 18.5 Å². The molecule has 0 N–H and O–H groups in total. The van der Waals surface area contributed by atoms with Crippen LogP contribution in [-0.2, 0) is 9.47 Å². The number of rotatable bonds is 8. The lowest BCUT2D eigenvalue weighted by Crippen LogP contribution is -2.40. The first kappa shape index (κ1) is 16.0. The monoisotopic (exact) mass is 256 g/mol. The van der Waals surface area contributed by atoms with Crippen molar-refractivity contribution < 1.29 is 9.47 Å². The lowest BCUT2D eigenvalue weighted by atomic mass is 9.95. The zero-order valence-corrected chi connectivity index (χ0v) is 12.7. The van der Waals surface area contributed by atoms with Gasteiger partial charge in [-0.3, -0.25) is 0 Å². The van der Waals surface area contributed by atoms with Crippen LogP contribution in [0.3, 0.4) is 0 Å². The van der Waals surface area contributed by atoms with Gasteiger partial charge in [-0.1, -0.05) is 52.9 Å². The summed E-state index contributed by atoms with van der Waals surface area (Å²) in [5.41, 5.74) is 0. The van der Waals surface area contributed by atoms with Crippen molar-refractivity contribution in [3.05, 3.63) is 0 Å². The second-order valence-electron chi connectivity index (χ2n) is 5.89. The quantitative estimate of drug-likeness (QED) is 0.574. The highest BCUT2D eigenvalue weighted by molar-refractivity contribution is 4.76. The normalized spacial score (nSPS) is 20.0. The molecule has 0 aliphatic carbocycles. The molecule has 18 heavy (non-hydrogen) atoms. The van der Waals surface area contributed by atoms with Gasteiger partial charge in [0.2, 0.25) is 0 Å². The zero-order valence-electron chi connectivity index (χ0n) is 12.7. The van der Waals surface area contributed by atoms with E-state index in [0.717, 1.165) is 32.5 Å². The summed E-state index contributed by atoms with van der Waals surface area (Å²) in [5, 5.41) is 0. The highest BCUT2D eigenvalue weighted by Crippen LogP contribution is 2.32. The number of ether oxygens (including phenoxy) is 2. The van der Waals surface area contributed by atoms with E-state index in [4.69, 9.17) is 9.47 Å². The highest BCUT2D eigenvalue weighted by atomic mass is 16.7. The second kappa shape index (κ2) is 8.92. The molecule has 108 valence electrons. The molecule has 0 atom stereocenters. The van der Waals surface area contributed by atoms with Gasteiger partial charge in [-0.25, -0.2) is 0 Å². The molecule has 0 aromatic heterocycles. The predicted octanol–water partition coefficient (Wildman–Crippen LogP) is 4.92. The van der Waals surface area contributed by atoms with Crippen LogP contribution in [0, 0.1) is 5.92 Å². The predicted molar refractivity (Wildman–Crippen MR) is 76.7 cm³/mol. The Morgan fingerprint density at radius 1 is 0.889 bits per heavy atom. The molecule has 0 unspecified atom stereocenters. The molecule has 2 heteroatoms. The van der Waals surface area contributed by atoms with Crippen LogP contribution < -0.4 is 0 Å². The van der Waals surface area contributed by atoms with Crippen molar-refractivity contribution in [1.82, 2.24) is 0 Å². The van der Waals surface area contributed by atoms with E-state index in [1.54, 1.807) is 0 Å². The van der Waals surface area contributed by atoms with Crippen molar-refractivity contribution in [3.8, 4) is 0 Å². The Hall–Kier alpha value is -0.0800. The van der Waals surface area contributed by atoms with E-state index >= 15 is 0 Å². The first-order chi connectivity index (χ1) is 8.71. The molecule has 1 rings (SSSR count). The number of hydrogen-bond acceptors (Lipinski definition) is 2. The Labute approximate surface area is 113 Å². The SMILES string of the molecule is CCCCCCCCC1(C(C)C)OCCCCO1. The first-order valence-electron chi connectivity index (χ1n) is 7.99. The minimum Gasteiger partial charge on any atom is -0.350 e. The van der Waals surface area contributed by atoms with Crippen molar-refractivity contribution in [1.29, 1.82) is 0 Å². The molecular formula is C16H32O2. The van der Waals surface area contributed by atoms with Crippen LogP contribution in [0.15, 0.2) is 0 Å². The van der Waals surface area contributed by atoms with Crippen LogP contribution >= 0.6 is 0 Å². The van der Waals surface area contributed by atoms with E-state index in [2.05, 4.69) is 20.8 Å². The lowest BCUT2D eigenvalue weighted by molar-refractivity contribution is -0.255. The molecule has 0 bridgehead atoms. The van der Waals surface area contributed by atoms with Crippen LogP contribution in [-0.4, -0.2) is 19.0 Å². The number of unbranched alkanes of at least 4 members (excludes halogenated alkanes) is 5. The summed E-state index contributed by atoms with van der Waals surface area (Å²) >= 11 is 0. The minimum absolute atomic E-state index is 0.290. The fourth-order valence-electron chi connectivity index (χ4n) is 2.65. The van der Waals surface area contributed by atoms with E-state index in [0.29, 0.717) is 5.92 Å². The van der Waals surface area contributed by atoms with Gasteiger partial charge < -0.3 is 9.47 Å². The molecular weight excluding hydrogens is 224 g/mol. The van der Waals surface area contributed by atoms with E-state index in [9.17, 15) is 0 Å². The van der Waals surface area contributed by atoms with Crippen molar-refractivity contribution in [2.24, 2.45) is 5.92 Å². The molecule has 1 saturated heterocycles. The van der Waals surface area contributed by atoms with E-state index in [1.165, 1.54) is 38.5 Å². The Balaban J connectivity index is 2.28. The Morgan fingerprint density at radius 2 is 1.44 bits per heavy atom. The number of hydrogen-bond donors (Lipinski definition) is 0. The van der Waals surface area contributed by atoms with Gasteiger partial charge in [0.1, 0.15) is 0 Å². The van der Waals surface area contributed by atoms with E-state index in [-0.39, 0.29) is 5.79 Å². The van der Waals surface area contributed by atoms with Crippen molar-refractivity contribution in [2.75, 3.05) is 13.2 Å². The summed E-state index contributed by atoms with van der Waals surface area (Å²) in [6, 6.07) is 0. The maximum absolute atomic E-state index is 6.06. The summed E-state index contributed by atoms with van der Waals surface area (Å²) in [7, 11) is 0. The standard InChI is InChI=1S/C16H32O2/c1-4-5-6-7-8-9-12-16(15(2)3)17-13-10-11-14-18-16/h15H,4-14H2,1-3H3. The molecule has 0 saturated carbocycles. The van der Waals surface area contributed by atoms with Gasteiger partial charge >= 0.3 is 0 Å². The Bertz CT molecular complexity index is 193. The van der Waals surface area contributed by atoms with Gasteiger partial charge in [0.15, 0.2) is 5.79 Å². The van der Waals surface area contributed by atoms with Crippen LogP contribution in [0.4, 0.5) is 0 Å². The van der Waals surface area contributed by atoms with Crippen molar-refractivity contribution in [2.45, 2.75) is 84.3 Å². The Morgan fingerprint density at radius 3 is 2.00 bits per heavy atom. The largest absolute Gasteiger partial charge is 0.350 e. The average Bonchev–Trinajstić information content (AvgIpc) is 2.60. The molecule has 0 spiro atoms. The average molecular weight is 256 g/mol. The van der Waals surface area contributed by atoms with Gasteiger partial charge in [0, 0.05) is 12.3 Å². The van der Waals surface area contributed by atoms with Crippen LogP contribution in [0.25, 0.3) is 0 Å². The Kier molecular flexibility index (Phi) is 7.92. The lowest BCUT2D eigenvalue weighted by Gasteiger charge is -2.36. The molecule has 1 aliphatic heterocycles. The third kappa shape index (κ3) is 5.27. The van der Waals surface area contributed by atoms with Gasteiger partial charge in [0.25, 0.3) is 0 Å². The summed E-state index contributed by atoms with van der Waals surface area (Å²) in [6.45, 7) is 8.45. The van der Waals surface area contributed by atoms with Gasteiger partial charge in [0.05, 0.1) is 13.2 Å². The zero-order chi connectivity index (χ0) is 13.3. The summed E-state index contributed by atoms with van der Waals surface area (Å²) < 4.78 is 12.1. The van der Waals surface area contributed by atoms with E-state index in [1.807, 2.05) is 0 Å². The van der Waals surface area contributed by atoms with Gasteiger partial charge in [-0.15, -0.1) is 0 Å². The van der Waals surface area contributed by atoms with Crippen LogP contribution in [0.1, 0.15) is 78.6 Å². The molecule has 0 amide bonds. The molecule has 1 fully saturated rings. The third-order valence-corrected chi connectivity index (χ3v) is 3.99.